The molecule has 0 radical (unpaired) electrons. The van der Waals surface area contributed by atoms with E-state index in [0.29, 0.717) is 11.6 Å². The Kier molecular flexibility index (Phi) is 6.30. The number of sulfonamides is 1. The number of hydrogen-bond donors (Lipinski definition) is 2. The van der Waals surface area contributed by atoms with Gasteiger partial charge in [0.05, 0.1) is 16.9 Å². The van der Waals surface area contributed by atoms with E-state index in [2.05, 4.69) is 10.0 Å². The zero-order chi connectivity index (χ0) is 22.6. The second-order valence-corrected chi connectivity index (χ2v) is 8.25. The number of carbonyl (C=O) groups is 1. The second kappa shape index (κ2) is 8.76. The Morgan fingerprint density at radius 3 is 2.19 bits per heavy atom. The highest BCUT2D eigenvalue weighted by Gasteiger charge is 2.30. The van der Waals surface area contributed by atoms with E-state index >= 15 is 0 Å². The van der Waals surface area contributed by atoms with Crippen LogP contribution < -0.4 is 10.0 Å². The van der Waals surface area contributed by atoms with Gasteiger partial charge in [0.25, 0.3) is 10.0 Å². The number of anilines is 2. The molecule has 0 bridgehead atoms. The molecule has 0 heterocycles. The molecule has 2 N–H and O–H groups in total. The topological polar surface area (TPSA) is 75.3 Å². The molecule has 3 aromatic rings. The third-order valence-electron chi connectivity index (χ3n) is 4.15. The maximum absolute atomic E-state index is 12.9. The van der Waals surface area contributed by atoms with E-state index in [4.69, 9.17) is 0 Å². The summed E-state index contributed by atoms with van der Waals surface area (Å²) in [7, 11) is -4.21. The highest BCUT2D eigenvalue weighted by molar-refractivity contribution is 7.92. The third-order valence-corrected chi connectivity index (χ3v) is 5.53. The molecule has 1 amide bonds. The predicted octanol–water partition coefficient (Wildman–Crippen LogP) is 4.83. The number of nitrogens with one attached hydrogen (secondary N) is 2. The van der Waals surface area contributed by atoms with Crippen molar-refractivity contribution in [3.8, 4) is 0 Å². The first-order valence-electron chi connectivity index (χ1n) is 8.87. The van der Waals surface area contributed by atoms with Crippen LogP contribution in [0.2, 0.25) is 0 Å². The summed E-state index contributed by atoms with van der Waals surface area (Å²) < 4.78 is 78.7. The Bertz CT molecular complexity index is 1190. The van der Waals surface area contributed by atoms with Gasteiger partial charge in [-0.2, -0.15) is 13.2 Å². The minimum atomic E-state index is -4.61. The standard InChI is InChI=1S/C21H16F4N2O3S/c22-16-9-7-14(8-10-16)11-20(28)26-17-4-2-6-19(13-17)31(29,30)27-18-5-1-3-15(12-18)21(23,24)25/h1-10,12-13,27H,11H2,(H,26,28). The van der Waals surface area contributed by atoms with Gasteiger partial charge in [-0.25, -0.2) is 12.8 Å². The van der Waals surface area contributed by atoms with E-state index in [1.165, 1.54) is 54.6 Å². The number of halogens is 4. The lowest BCUT2D eigenvalue weighted by Gasteiger charge is -2.12. The monoisotopic (exact) mass is 452 g/mol. The van der Waals surface area contributed by atoms with Crippen molar-refractivity contribution in [2.75, 3.05) is 10.0 Å². The maximum Gasteiger partial charge on any atom is 0.416 e. The molecular formula is C21H16F4N2O3S. The lowest BCUT2D eigenvalue weighted by atomic mass is 10.1. The molecule has 0 unspecified atom stereocenters. The van der Waals surface area contributed by atoms with Gasteiger partial charge in [0, 0.05) is 11.4 Å². The number of carbonyl (C=O) groups excluding carboxylic acids is 1. The molecule has 31 heavy (non-hydrogen) atoms. The Morgan fingerprint density at radius 1 is 0.871 bits per heavy atom. The van der Waals surface area contributed by atoms with Crippen LogP contribution in [0.15, 0.2) is 77.7 Å². The van der Waals surface area contributed by atoms with Crippen molar-refractivity contribution >= 4 is 27.3 Å². The third kappa shape index (κ3) is 6.05. The molecule has 162 valence electrons. The average molecular weight is 452 g/mol. The van der Waals surface area contributed by atoms with Crippen molar-refractivity contribution < 1.29 is 30.8 Å². The minimum absolute atomic E-state index is 0.0558. The smallest absolute Gasteiger partial charge is 0.326 e. The molecule has 3 rings (SSSR count). The van der Waals surface area contributed by atoms with Gasteiger partial charge < -0.3 is 5.32 Å². The largest absolute Gasteiger partial charge is 0.416 e. The van der Waals surface area contributed by atoms with Gasteiger partial charge in [-0.3, -0.25) is 9.52 Å². The van der Waals surface area contributed by atoms with Gasteiger partial charge in [0.1, 0.15) is 5.82 Å². The van der Waals surface area contributed by atoms with Crippen LogP contribution in [0, 0.1) is 5.82 Å². The highest BCUT2D eigenvalue weighted by Crippen LogP contribution is 2.31. The Morgan fingerprint density at radius 2 is 1.52 bits per heavy atom. The number of amides is 1. The molecule has 5 nitrogen and oxygen atoms in total. The molecule has 3 aromatic carbocycles. The van der Waals surface area contributed by atoms with E-state index in [9.17, 15) is 30.8 Å². The molecule has 10 heteroatoms. The number of rotatable bonds is 6. The van der Waals surface area contributed by atoms with E-state index < -0.39 is 33.5 Å². The fourth-order valence-corrected chi connectivity index (χ4v) is 3.80. The molecule has 0 aliphatic heterocycles. The Balaban J connectivity index is 1.74. The summed E-state index contributed by atoms with van der Waals surface area (Å²) in [5, 5.41) is 2.54. The molecular weight excluding hydrogens is 436 g/mol. The predicted molar refractivity (Wildman–Crippen MR) is 107 cm³/mol. The van der Waals surface area contributed by atoms with Gasteiger partial charge in [-0.05, 0) is 54.1 Å². The van der Waals surface area contributed by atoms with Gasteiger partial charge >= 0.3 is 6.18 Å². The lowest BCUT2D eigenvalue weighted by molar-refractivity contribution is -0.137. The van der Waals surface area contributed by atoms with Gasteiger partial charge in [0.2, 0.25) is 5.91 Å². The first-order chi connectivity index (χ1) is 14.5. The first kappa shape index (κ1) is 22.3. The van der Waals surface area contributed by atoms with Crippen molar-refractivity contribution in [1.82, 2.24) is 0 Å². The zero-order valence-electron chi connectivity index (χ0n) is 15.8. The van der Waals surface area contributed by atoms with Crippen molar-refractivity contribution in [1.29, 1.82) is 0 Å². The van der Waals surface area contributed by atoms with Gasteiger partial charge in [0.15, 0.2) is 0 Å². The van der Waals surface area contributed by atoms with E-state index in [1.807, 2.05) is 0 Å². The normalized spacial score (nSPS) is 11.7. The number of benzene rings is 3. The summed E-state index contributed by atoms with van der Waals surface area (Å²) in [6.07, 6.45) is -4.67. The van der Waals surface area contributed by atoms with Crippen LogP contribution in [0.4, 0.5) is 28.9 Å². The van der Waals surface area contributed by atoms with Gasteiger partial charge in [-0.1, -0.05) is 24.3 Å². The van der Waals surface area contributed by atoms with Crippen LogP contribution in [-0.4, -0.2) is 14.3 Å². The highest BCUT2D eigenvalue weighted by atomic mass is 32.2. The zero-order valence-corrected chi connectivity index (χ0v) is 16.6. The van der Waals surface area contributed by atoms with Crippen molar-refractivity contribution in [3.63, 3.8) is 0 Å². The summed E-state index contributed by atoms with van der Waals surface area (Å²) in [6, 6.07) is 14.4. The van der Waals surface area contributed by atoms with Gasteiger partial charge in [-0.15, -0.1) is 0 Å². The molecule has 0 saturated heterocycles. The Hall–Kier alpha value is -3.40. The van der Waals surface area contributed by atoms with Crippen molar-refractivity contribution in [2.45, 2.75) is 17.5 Å². The van der Waals surface area contributed by atoms with Crippen LogP contribution >= 0.6 is 0 Å². The van der Waals surface area contributed by atoms with Crippen LogP contribution in [0.3, 0.4) is 0 Å². The summed E-state index contributed by atoms with van der Waals surface area (Å²) >= 11 is 0. The summed E-state index contributed by atoms with van der Waals surface area (Å²) in [5.41, 5.74) is -0.497. The summed E-state index contributed by atoms with van der Waals surface area (Å²) in [6.45, 7) is 0. The molecule has 0 aliphatic rings. The molecule has 0 spiro atoms. The molecule has 0 atom stereocenters. The first-order valence-corrected chi connectivity index (χ1v) is 10.4. The fraction of sp³-hybridized carbons (Fsp3) is 0.0952. The van der Waals surface area contributed by atoms with E-state index in [0.717, 1.165) is 12.1 Å². The number of hydrogen-bond acceptors (Lipinski definition) is 3. The van der Waals surface area contributed by atoms with E-state index in [1.54, 1.807) is 0 Å². The van der Waals surface area contributed by atoms with Crippen molar-refractivity contribution in [2.24, 2.45) is 0 Å². The van der Waals surface area contributed by atoms with E-state index in [-0.39, 0.29) is 22.7 Å². The van der Waals surface area contributed by atoms with Crippen LogP contribution in [0.1, 0.15) is 11.1 Å². The fourth-order valence-electron chi connectivity index (χ4n) is 2.71. The quantitative estimate of drug-likeness (QED) is 0.527. The van der Waals surface area contributed by atoms with Crippen LogP contribution in [0.25, 0.3) is 0 Å². The Labute approximate surface area is 175 Å². The van der Waals surface area contributed by atoms with Crippen molar-refractivity contribution in [3.05, 3.63) is 89.7 Å². The van der Waals surface area contributed by atoms with Crippen LogP contribution in [-0.2, 0) is 27.4 Å². The number of alkyl halides is 3. The van der Waals surface area contributed by atoms with Crippen LogP contribution in [0.5, 0.6) is 0 Å². The summed E-state index contributed by atoms with van der Waals surface area (Å²) in [5.74, 6) is -0.887. The maximum atomic E-state index is 12.9. The SMILES string of the molecule is O=C(Cc1ccc(F)cc1)Nc1cccc(S(=O)(=O)Nc2cccc(C(F)(F)F)c2)c1. The molecule has 0 aromatic heterocycles. The lowest BCUT2D eigenvalue weighted by Crippen LogP contribution is -2.16. The molecule has 0 aliphatic carbocycles. The molecule has 0 fully saturated rings. The second-order valence-electron chi connectivity index (χ2n) is 6.56. The minimum Gasteiger partial charge on any atom is -0.326 e. The average Bonchev–Trinajstić information content (AvgIpc) is 2.69. The summed E-state index contributed by atoms with van der Waals surface area (Å²) in [4.78, 5) is 11.9. The molecule has 0 saturated carbocycles.